The van der Waals surface area contributed by atoms with Gasteiger partial charge in [-0.05, 0) is 44.1 Å². The number of nitrogens with one attached hydrogen (secondary N) is 1. The summed E-state index contributed by atoms with van der Waals surface area (Å²) < 4.78 is 0. The number of rotatable bonds is 9. The monoisotopic (exact) mass is 249 g/mol. The third-order valence-electron chi connectivity index (χ3n) is 3.19. The van der Waals surface area contributed by atoms with Crippen molar-refractivity contribution in [3.05, 3.63) is 30.1 Å². The lowest BCUT2D eigenvalue weighted by molar-refractivity contribution is 0.284. The third kappa shape index (κ3) is 6.12. The minimum absolute atomic E-state index is 0.627. The molecule has 1 unspecified atom stereocenters. The highest BCUT2D eigenvalue weighted by Gasteiger charge is 2.09. The molecule has 102 valence electrons. The van der Waals surface area contributed by atoms with Crippen molar-refractivity contribution >= 4 is 0 Å². The lowest BCUT2D eigenvalue weighted by Crippen LogP contribution is -2.40. The molecule has 0 aromatic carbocycles. The van der Waals surface area contributed by atoms with Crippen molar-refractivity contribution in [2.45, 2.75) is 39.2 Å². The molecule has 1 rings (SSSR count). The van der Waals surface area contributed by atoms with Crippen LogP contribution in [-0.2, 0) is 6.42 Å². The average molecular weight is 249 g/mol. The molecule has 1 heterocycles. The van der Waals surface area contributed by atoms with Crippen molar-refractivity contribution < 1.29 is 0 Å². The van der Waals surface area contributed by atoms with Crippen LogP contribution in [0.1, 0.15) is 32.3 Å². The number of aromatic nitrogens is 1. The highest BCUT2D eigenvalue weighted by molar-refractivity contribution is 5.09. The van der Waals surface area contributed by atoms with Gasteiger partial charge in [0, 0.05) is 31.5 Å². The van der Waals surface area contributed by atoms with Gasteiger partial charge in [0.2, 0.25) is 0 Å². The second-order valence-electron chi connectivity index (χ2n) is 4.91. The lowest BCUT2D eigenvalue weighted by atomic mass is 10.1. The van der Waals surface area contributed by atoms with E-state index in [2.05, 4.69) is 48.2 Å². The summed E-state index contributed by atoms with van der Waals surface area (Å²) in [6.45, 7) is 7.73. The van der Waals surface area contributed by atoms with Crippen LogP contribution in [0.15, 0.2) is 24.5 Å². The summed E-state index contributed by atoms with van der Waals surface area (Å²) in [7, 11) is 2.21. The van der Waals surface area contributed by atoms with Crippen LogP contribution in [-0.4, -0.2) is 42.6 Å². The van der Waals surface area contributed by atoms with Crippen molar-refractivity contribution in [1.82, 2.24) is 15.2 Å². The van der Waals surface area contributed by atoms with Crippen molar-refractivity contribution in [3.63, 3.8) is 0 Å². The van der Waals surface area contributed by atoms with Crippen LogP contribution in [0.25, 0.3) is 0 Å². The van der Waals surface area contributed by atoms with Gasteiger partial charge in [-0.3, -0.25) is 4.98 Å². The molecule has 3 nitrogen and oxygen atoms in total. The first-order valence-electron chi connectivity index (χ1n) is 7.07. The van der Waals surface area contributed by atoms with E-state index in [0.717, 1.165) is 26.1 Å². The van der Waals surface area contributed by atoms with E-state index in [9.17, 15) is 0 Å². The molecule has 3 heteroatoms. The fraction of sp³-hybridized carbons (Fsp3) is 0.667. The molecule has 1 N–H and O–H groups in total. The van der Waals surface area contributed by atoms with Gasteiger partial charge < -0.3 is 10.2 Å². The molecule has 0 spiro atoms. The van der Waals surface area contributed by atoms with Gasteiger partial charge in [-0.1, -0.05) is 20.3 Å². The zero-order valence-corrected chi connectivity index (χ0v) is 12.0. The molecule has 0 fully saturated rings. The van der Waals surface area contributed by atoms with Gasteiger partial charge in [0.25, 0.3) is 0 Å². The zero-order chi connectivity index (χ0) is 13.2. The molecule has 18 heavy (non-hydrogen) atoms. The van der Waals surface area contributed by atoms with Gasteiger partial charge in [0.05, 0.1) is 0 Å². The molecule has 0 amide bonds. The Hall–Kier alpha value is -0.930. The number of likely N-dealkylation sites (N-methyl/N-ethyl adjacent to an activating group) is 2. The summed E-state index contributed by atoms with van der Waals surface area (Å²) in [5.74, 6) is 0. The number of hydrogen-bond acceptors (Lipinski definition) is 3. The van der Waals surface area contributed by atoms with E-state index < -0.39 is 0 Å². The maximum absolute atomic E-state index is 4.05. The van der Waals surface area contributed by atoms with Crippen molar-refractivity contribution in [3.8, 4) is 0 Å². The van der Waals surface area contributed by atoms with Crippen LogP contribution in [0.5, 0.6) is 0 Å². The minimum Gasteiger partial charge on any atom is -0.313 e. The summed E-state index contributed by atoms with van der Waals surface area (Å²) in [5, 5.41) is 3.56. The summed E-state index contributed by atoms with van der Waals surface area (Å²) in [6, 6.07) is 4.82. The first kappa shape index (κ1) is 15.1. The Bertz CT molecular complexity index is 294. The first-order valence-corrected chi connectivity index (χ1v) is 7.07. The summed E-state index contributed by atoms with van der Waals surface area (Å²) >= 11 is 0. The van der Waals surface area contributed by atoms with Crippen LogP contribution >= 0.6 is 0 Å². The second-order valence-corrected chi connectivity index (χ2v) is 4.91. The molecular weight excluding hydrogens is 222 g/mol. The van der Waals surface area contributed by atoms with E-state index in [0.29, 0.717) is 6.04 Å². The predicted molar refractivity (Wildman–Crippen MR) is 77.8 cm³/mol. The predicted octanol–water partition coefficient (Wildman–Crippen LogP) is 2.33. The zero-order valence-electron chi connectivity index (χ0n) is 12.0. The maximum atomic E-state index is 4.05. The van der Waals surface area contributed by atoms with Crippen LogP contribution in [0.4, 0.5) is 0 Å². The Morgan fingerprint density at radius 3 is 2.61 bits per heavy atom. The van der Waals surface area contributed by atoms with Gasteiger partial charge in [-0.25, -0.2) is 0 Å². The molecule has 1 aromatic heterocycles. The van der Waals surface area contributed by atoms with Crippen molar-refractivity contribution in [2.24, 2.45) is 0 Å². The van der Waals surface area contributed by atoms with E-state index in [1.807, 2.05) is 12.4 Å². The number of hydrogen-bond donors (Lipinski definition) is 1. The highest BCUT2D eigenvalue weighted by atomic mass is 15.1. The Morgan fingerprint density at radius 1 is 1.28 bits per heavy atom. The molecule has 0 bridgehead atoms. The van der Waals surface area contributed by atoms with Gasteiger partial charge >= 0.3 is 0 Å². The maximum Gasteiger partial charge on any atom is 0.0270 e. The average Bonchev–Trinajstić information content (AvgIpc) is 2.38. The normalized spacial score (nSPS) is 12.9. The Labute approximate surface area is 112 Å². The largest absolute Gasteiger partial charge is 0.313 e. The Balaban J connectivity index is 2.29. The minimum atomic E-state index is 0.627. The lowest BCUT2D eigenvalue weighted by Gasteiger charge is -2.24. The molecule has 0 radical (unpaired) electrons. The van der Waals surface area contributed by atoms with E-state index in [-0.39, 0.29) is 0 Å². The third-order valence-corrected chi connectivity index (χ3v) is 3.19. The van der Waals surface area contributed by atoms with E-state index >= 15 is 0 Å². The summed E-state index contributed by atoms with van der Waals surface area (Å²) in [6.07, 6.45) is 7.34. The fourth-order valence-corrected chi connectivity index (χ4v) is 2.23. The second kappa shape index (κ2) is 9.06. The fourth-order valence-electron chi connectivity index (χ4n) is 2.23. The van der Waals surface area contributed by atoms with Crippen LogP contribution < -0.4 is 5.32 Å². The topological polar surface area (TPSA) is 28.2 Å². The Morgan fingerprint density at radius 2 is 2.00 bits per heavy atom. The molecule has 0 saturated heterocycles. The van der Waals surface area contributed by atoms with E-state index in [1.54, 1.807) is 0 Å². The molecular formula is C15H27N3. The molecule has 1 aromatic rings. The molecule has 0 saturated carbocycles. The van der Waals surface area contributed by atoms with Crippen molar-refractivity contribution in [2.75, 3.05) is 26.7 Å². The quantitative estimate of drug-likeness (QED) is 0.728. The number of nitrogens with zero attached hydrogens (tertiary/aromatic N) is 2. The van der Waals surface area contributed by atoms with E-state index in [1.165, 1.54) is 18.4 Å². The molecule has 0 aliphatic rings. The smallest absolute Gasteiger partial charge is 0.0270 e. The SMILES string of the molecule is CCCC(CN(C)CCc1ccncc1)NCC. The van der Waals surface area contributed by atoms with Gasteiger partial charge in [-0.2, -0.15) is 0 Å². The van der Waals surface area contributed by atoms with Crippen LogP contribution in [0.3, 0.4) is 0 Å². The van der Waals surface area contributed by atoms with Crippen LogP contribution in [0, 0.1) is 0 Å². The molecule has 1 atom stereocenters. The molecule has 0 aliphatic heterocycles. The van der Waals surface area contributed by atoms with E-state index in [4.69, 9.17) is 0 Å². The van der Waals surface area contributed by atoms with Gasteiger partial charge in [-0.15, -0.1) is 0 Å². The number of pyridine rings is 1. The van der Waals surface area contributed by atoms with Gasteiger partial charge in [0.15, 0.2) is 0 Å². The molecule has 0 aliphatic carbocycles. The summed E-state index contributed by atoms with van der Waals surface area (Å²) in [5.41, 5.74) is 1.37. The van der Waals surface area contributed by atoms with Gasteiger partial charge in [0.1, 0.15) is 0 Å². The Kier molecular flexibility index (Phi) is 7.62. The van der Waals surface area contributed by atoms with Crippen LogP contribution in [0.2, 0.25) is 0 Å². The summed E-state index contributed by atoms with van der Waals surface area (Å²) in [4.78, 5) is 6.47. The first-order chi connectivity index (χ1) is 8.76. The van der Waals surface area contributed by atoms with Crippen molar-refractivity contribution in [1.29, 1.82) is 0 Å². The standard InChI is InChI=1S/C15H27N3/c1-4-6-15(17-5-2)13-18(3)12-9-14-7-10-16-11-8-14/h7-8,10-11,15,17H,4-6,9,12-13H2,1-3H3. The highest BCUT2D eigenvalue weighted by Crippen LogP contribution is 2.02.